The van der Waals surface area contributed by atoms with Crippen molar-refractivity contribution in [3.8, 4) is 0 Å². The van der Waals surface area contributed by atoms with Gasteiger partial charge in [-0.1, -0.05) is 0 Å². The number of nitrogens with two attached hydrogens (primary N) is 1. The Morgan fingerprint density at radius 1 is 1.47 bits per heavy atom. The Bertz CT molecular complexity index is 283. The highest BCUT2D eigenvalue weighted by atomic mass is 15.2. The van der Waals surface area contributed by atoms with E-state index < -0.39 is 0 Å². The summed E-state index contributed by atoms with van der Waals surface area (Å²) < 4.78 is 0. The van der Waals surface area contributed by atoms with E-state index >= 15 is 0 Å². The third kappa shape index (κ3) is 4.13. The third-order valence-corrected chi connectivity index (χ3v) is 3.51. The van der Waals surface area contributed by atoms with Gasteiger partial charge in [-0.15, -0.1) is 0 Å². The Hall–Kier alpha value is -0.870. The molecular weight excluding hydrogens is 212 g/mol. The molecule has 0 bridgehead atoms. The van der Waals surface area contributed by atoms with Crippen LogP contribution in [0.2, 0.25) is 0 Å². The summed E-state index contributed by atoms with van der Waals surface area (Å²) in [5.41, 5.74) is 5.86. The van der Waals surface area contributed by atoms with E-state index in [1.807, 2.05) is 12.4 Å². The molecule has 0 aromatic rings. The topological polar surface area (TPSA) is 53.6 Å². The molecule has 1 aliphatic heterocycles. The van der Waals surface area contributed by atoms with E-state index in [1.54, 1.807) is 0 Å². The van der Waals surface area contributed by atoms with Crippen LogP contribution in [0.25, 0.3) is 0 Å². The fraction of sp³-hybridized carbons (Fsp3) is 0.769. The summed E-state index contributed by atoms with van der Waals surface area (Å²) in [5, 5.41) is 3.63. The molecule has 1 fully saturated rings. The van der Waals surface area contributed by atoms with E-state index in [9.17, 15) is 0 Å². The van der Waals surface area contributed by atoms with Crippen LogP contribution in [0.5, 0.6) is 0 Å². The van der Waals surface area contributed by atoms with Crippen LogP contribution in [0.4, 0.5) is 0 Å². The van der Waals surface area contributed by atoms with Gasteiger partial charge in [0.2, 0.25) is 0 Å². The predicted molar refractivity (Wildman–Crippen MR) is 72.0 cm³/mol. The van der Waals surface area contributed by atoms with Crippen molar-refractivity contribution in [3.63, 3.8) is 0 Å². The van der Waals surface area contributed by atoms with Crippen LogP contribution < -0.4 is 11.1 Å². The average molecular weight is 236 g/mol. The number of nitrogens with one attached hydrogen (secondary N) is 1. The number of rotatable bonds is 7. The Labute approximate surface area is 104 Å². The fourth-order valence-corrected chi connectivity index (χ4v) is 2.26. The number of hydrogen-bond donors (Lipinski definition) is 2. The summed E-state index contributed by atoms with van der Waals surface area (Å²) in [5.74, 6) is 0. The molecule has 0 radical (unpaired) electrons. The van der Waals surface area contributed by atoms with Crippen LogP contribution in [-0.4, -0.2) is 42.3 Å². The van der Waals surface area contributed by atoms with Gasteiger partial charge in [-0.05, 0) is 32.6 Å². The predicted octanol–water partition coefficient (Wildman–Crippen LogP) is 1.09. The van der Waals surface area contributed by atoms with Gasteiger partial charge in [0.15, 0.2) is 0 Å². The molecule has 96 valence electrons. The highest BCUT2D eigenvalue weighted by Gasteiger charge is 2.23. The average Bonchev–Trinajstić information content (AvgIpc) is 3.15. The molecule has 1 aliphatic carbocycles. The zero-order valence-electron chi connectivity index (χ0n) is 10.7. The van der Waals surface area contributed by atoms with Crippen molar-refractivity contribution in [2.45, 2.75) is 50.7 Å². The second kappa shape index (κ2) is 6.17. The third-order valence-electron chi connectivity index (χ3n) is 3.51. The van der Waals surface area contributed by atoms with Crippen molar-refractivity contribution in [2.24, 2.45) is 10.7 Å². The van der Waals surface area contributed by atoms with Gasteiger partial charge in [0, 0.05) is 43.3 Å². The minimum Gasteiger partial charge on any atom is -0.367 e. The maximum Gasteiger partial charge on any atom is 0.0531 e. The number of aliphatic imine (C=N–C) groups is 1. The Morgan fingerprint density at radius 3 is 2.88 bits per heavy atom. The van der Waals surface area contributed by atoms with Crippen LogP contribution in [-0.2, 0) is 0 Å². The molecule has 0 amide bonds. The minimum absolute atomic E-state index is 0.446. The SMILES string of the molecule is CC(CCC(CN)N1C=CN=CC1)NC1CC1. The van der Waals surface area contributed by atoms with Gasteiger partial charge >= 0.3 is 0 Å². The van der Waals surface area contributed by atoms with Crippen molar-refractivity contribution < 1.29 is 0 Å². The van der Waals surface area contributed by atoms with Crippen LogP contribution in [0.15, 0.2) is 17.4 Å². The zero-order valence-corrected chi connectivity index (χ0v) is 10.7. The van der Waals surface area contributed by atoms with Gasteiger partial charge in [-0.25, -0.2) is 0 Å². The quantitative estimate of drug-likeness (QED) is 0.696. The monoisotopic (exact) mass is 236 g/mol. The second-order valence-electron chi connectivity index (χ2n) is 5.14. The molecule has 2 rings (SSSR count). The summed E-state index contributed by atoms with van der Waals surface area (Å²) in [6.45, 7) is 3.89. The molecule has 0 aromatic carbocycles. The number of hydrogen-bond acceptors (Lipinski definition) is 4. The van der Waals surface area contributed by atoms with Crippen molar-refractivity contribution in [2.75, 3.05) is 13.1 Å². The van der Waals surface area contributed by atoms with Gasteiger partial charge in [0.25, 0.3) is 0 Å². The minimum atomic E-state index is 0.446. The molecular formula is C13H24N4. The molecule has 4 heteroatoms. The van der Waals surface area contributed by atoms with E-state index in [4.69, 9.17) is 5.73 Å². The lowest BCUT2D eigenvalue weighted by Crippen LogP contribution is -2.40. The molecule has 3 N–H and O–H groups in total. The molecule has 1 heterocycles. The summed E-state index contributed by atoms with van der Waals surface area (Å²) in [7, 11) is 0. The molecule has 0 spiro atoms. The first-order valence-corrected chi connectivity index (χ1v) is 6.69. The first-order chi connectivity index (χ1) is 8.29. The first kappa shape index (κ1) is 12.6. The smallest absolute Gasteiger partial charge is 0.0531 e. The van der Waals surface area contributed by atoms with Crippen molar-refractivity contribution in [3.05, 3.63) is 12.4 Å². The Morgan fingerprint density at radius 2 is 2.29 bits per heavy atom. The zero-order chi connectivity index (χ0) is 12.1. The summed E-state index contributed by atoms with van der Waals surface area (Å²) in [4.78, 5) is 6.38. The van der Waals surface area contributed by atoms with Gasteiger partial charge in [-0.3, -0.25) is 4.99 Å². The van der Waals surface area contributed by atoms with E-state index in [0.29, 0.717) is 18.6 Å². The van der Waals surface area contributed by atoms with Crippen LogP contribution >= 0.6 is 0 Å². The molecule has 2 unspecified atom stereocenters. The van der Waals surface area contributed by atoms with Crippen molar-refractivity contribution in [1.29, 1.82) is 0 Å². The maximum absolute atomic E-state index is 5.86. The normalized spacial score (nSPS) is 22.8. The lowest BCUT2D eigenvalue weighted by molar-refractivity contribution is 0.282. The largest absolute Gasteiger partial charge is 0.367 e. The Kier molecular flexibility index (Phi) is 4.57. The molecule has 17 heavy (non-hydrogen) atoms. The van der Waals surface area contributed by atoms with Crippen molar-refractivity contribution in [1.82, 2.24) is 10.2 Å². The van der Waals surface area contributed by atoms with Gasteiger partial charge in [0.1, 0.15) is 0 Å². The first-order valence-electron chi connectivity index (χ1n) is 6.69. The standard InChI is InChI=1S/C13H24N4/c1-11(16-12-3-4-12)2-5-13(10-14)17-8-6-15-7-9-17/h6-8,11-13,16H,2-5,9-10,14H2,1H3. The molecule has 0 aromatic heterocycles. The van der Waals surface area contributed by atoms with Crippen LogP contribution in [0.3, 0.4) is 0 Å². The van der Waals surface area contributed by atoms with Gasteiger partial charge in [-0.2, -0.15) is 0 Å². The van der Waals surface area contributed by atoms with Gasteiger partial charge in [0.05, 0.1) is 6.54 Å². The lowest BCUT2D eigenvalue weighted by Gasteiger charge is -2.30. The highest BCUT2D eigenvalue weighted by Crippen LogP contribution is 2.20. The summed E-state index contributed by atoms with van der Waals surface area (Å²) in [6.07, 6.45) is 10.9. The summed E-state index contributed by atoms with van der Waals surface area (Å²) in [6, 6.07) is 1.85. The fourth-order valence-electron chi connectivity index (χ4n) is 2.26. The van der Waals surface area contributed by atoms with Crippen LogP contribution in [0.1, 0.15) is 32.6 Å². The molecule has 2 aliphatic rings. The number of nitrogens with zero attached hydrogens (tertiary/aromatic N) is 2. The van der Waals surface area contributed by atoms with E-state index in [2.05, 4.69) is 28.3 Å². The van der Waals surface area contributed by atoms with E-state index in [0.717, 1.165) is 19.0 Å². The van der Waals surface area contributed by atoms with Gasteiger partial charge < -0.3 is 16.0 Å². The second-order valence-corrected chi connectivity index (χ2v) is 5.14. The molecule has 4 nitrogen and oxygen atoms in total. The molecule has 0 saturated heterocycles. The molecule has 1 saturated carbocycles. The lowest BCUT2D eigenvalue weighted by atomic mass is 10.1. The van der Waals surface area contributed by atoms with Crippen LogP contribution in [0, 0.1) is 0 Å². The van der Waals surface area contributed by atoms with Crippen molar-refractivity contribution >= 4 is 6.21 Å². The Balaban J connectivity index is 1.70. The highest BCUT2D eigenvalue weighted by molar-refractivity contribution is 5.61. The van der Waals surface area contributed by atoms with E-state index in [1.165, 1.54) is 19.3 Å². The van der Waals surface area contributed by atoms with E-state index in [-0.39, 0.29) is 0 Å². The summed E-state index contributed by atoms with van der Waals surface area (Å²) >= 11 is 0. The molecule has 2 atom stereocenters. The maximum atomic E-state index is 5.86.